The number of nitrogens with zero attached hydrogens (tertiary/aromatic N) is 2. The first kappa shape index (κ1) is 23.0. The zero-order chi connectivity index (χ0) is 23.1. The lowest BCUT2D eigenvalue weighted by molar-refractivity contribution is -0.140. The molecule has 1 aliphatic heterocycles. The number of amides is 1. The molecule has 2 heterocycles. The maximum Gasteiger partial charge on any atom is 0.295 e. The van der Waals surface area contributed by atoms with E-state index in [1.165, 1.54) is 24.4 Å². The number of likely N-dealkylation sites (tertiary alicyclic amines) is 1. The minimum absolute atomic E-state index is 0.000452. The predicted molar refractivity (Wildman–Crippen MR) is 118 cm³/mol. The van der Waals surface area contributed by atoms with Gasteiger partial charge in [-0.1, -0.05) is 18.7 Å². The van der Waals surface area contributed by atoms with Crippen molar-refractivity contribution in [2.24, 2.45) is 0 Å². The second-order valence-corrected chi connectivity index (χ2v) is 6.96. The summed E-state index contributed by atoms with van der Waals surface area (Å²) in [6.07, 6.45) is 4.63. The molecule has 8 heteroatoms. The Morgan fingerprint density at radius 3 is 2.59 bits per heavy atom. The van der Waals surface area contributed by atoms with Crippen molar-refractivity contribution in [2.75, 3.05) is 33.5 Å². The summed E-state index contributed by atoms with van der Waals surface area (Å²) < 4.78 is 16.5. The summed E-state index contributed by atoms with van der Waals surface area (Å²) in [5.74, 6) is -0.745. The van der Waals surface area contributed by atoms with E-state index >= 15 is 0 Å². The number of rotatable bonds is 10. The van der Waals surface area contributed by atoms with E-state index in [2.05, 4.69) is 11.6 Å². The van der Waals surface area contributed by atoms with Crippen molar-refractivity contribution in [3.8, 4) is 11.5 Å². The van der Waals surface area contributed by atoms with Gasteiger partial charge in [-0.3, -0.25) is 14.6 Å². The summed E-state index contributed by atoms with van der Waals surface area (Å²) in [6, 6.07) is 7.52. The second-order valence-electron chi connectivity index (χ2n) is 6.96. The van der Waals surface area contributed by atoms with Gasteiger partial charge in [0.2, 0.25) is 0 Å². The lowest BCUT2D eigenvalue weighted by Gasteiger charge is -2.25. The minimum atomic E-state index is -0.814. The molecule has 0 saturated carbocycles. The normalized spacial score (nSPS) is 17.4. The summed E-state index contributed by atoms with van der Waals surface area (Å²) in [5, 5.41) is 11.0. The highest BCUT2D eigenvalue weighted by Crippen LogP contribution is 2.41. The highest BCUT2D eigenvalue weighted by Gasteiger charge is 2.46. The van der Waals surface area contributed by atoms with Crippen LogP contribution in [0, 0.1) is 0 Å². The molecule has 1 aliphatic rings. The Balaban J connectivity index is 2.15. The van der Waals surface area contributed by atoms with Crippen LogP contribution in [-0.4, -0.2) is 60.2 Å². The number of methoxy groups -OCH3 is 1. The van der Waals surface area contributed by atoms with Gasteiger partial charge in [0.15, 0.2) is 11.5 Å². The Bertz CT molecular complexity index is 1020. The Hall–Kier alpha value is -3.65. The number of carbonyl (C=O) groups is 2. The Morgan fingerprint density at radius 2 is 1.94 bits per heavy atom. The molecule has 3 rings (SSSR count). The third kappa shape index (κ3) is 4.65. The number of carbonyl (C=O) groups excluding carboxylic acids is 2. The molecule has 2 aromatic rings. The van der Waals surface area contributed by atoms with Crippen LogP contribution in [0.5, 0.6) is 11.5 Å². The summed E-state index contributed by atoms with van der Waals surface area (Å²) in [4.78, 5) is 31.2. The van der Waals surface area contributed by atoms with Gasteiger partial charge in [-0.15, -0.1) is 0 Å². The topological polar surface area (TPSA) is 98.2 Å². The molecule has 1 atom stereocenters. The quantitative estimate of drug-likeness (QED) is 0.263. The van der Waals surface area contributed by atoms with Gasteiger partial charge in [0.25, 0.3) is 11.7 Å². The number of aliphatic hydroxyl groups is 1. The van der Waals surface area contributed by atoms with Gasteiger partial charge in [-0.05, 0) is 36.8 Å². The van der Waals surface area contributed by atoms with E-state index in [-0.39, 0.29) is 24.5 Å². The van der Waals surface area contributed by atoms with Crippen LogP contribution in [0.3, 0.4) is 0 Å². The number of pyridine rings is 1. The van der Waals surface area contributed by atoms with Crippen molar-refractivity contribution < 1.29 is 28.9 Å². The Labute approximate surface area is 186 Å². The summed E-state index contributed by atoms with van der Waals surface area (Å²) in [7, 11) is 1.52. The van der Waals surface area contributed by atoms with Crippen molar-refractivity contribution in [3.63, 3.8) is 0 Å². The lowest BCUT2D eigenvalue weighted by Crippen LogP contribution is -2.32. The SMILES string of the molecule is C=CCOc1ccc(C2C(=C(O)c3ccncc3)C(=O)C(=O)N2CCOC)cc1OCC. The van der Waals surface area contributed by atoms with Gasteiger partial charge in [-0.25, -0.2) is 0 Å². The number of ether oxygens (including phenoxy) is 3. The van der Waals surface area contributed by atoms with E-state index in [1.54, 1.807) is 36.4 Å². The van der Waals surface area contributed by atoms with Crippen LogP contribution in [0.25, 0.3) is 5.76 Å². The summed E-state index contributed by atoms with van der Waals surface area (Å²) in [6.45, 7) is 6.60. The minimum Gasteiger partial charge on any atom is -0.507 e. The van der Waals surface area contributed by atoms with E-state index in [1.807, 2.05) is 6.92 Å². The molecule has 1 saturated heterocycles. The molecule has 0 radical (unpaired) electrons. The van der Waals surface area contributed by atoms with E-state index in [0.717, 1.165) is 0 Å². The van der Waals surface area contributed by atoms with E-state index in [0.29, 0.717) is 35.8 Å². The van der Waals surface area contributed by atoms with Crippen molar-refractivity contribution in [1.82, 2.24) is 9.88 Å². The van der Waals surface area contributed by atoms with Crippen LogP contribution >= 0.6 is 0 Å². The molecule has 1 N–H and O–H groups in total. The molecule has 1 unspecified atom stereocenters. The fraction of sp³-hybridized carbons (Fsp3) is 0.292. The van der Waals surface area contributed by atoms with Crippen molar-refractivity contribution in [3.05, 3.63) is 72.1 Å². The van der Waals surface area contributed by atoms with Crippen LogP contribution in [0.1, 0.15) is 24.1 Å². The van der Waals surface area contributed by atoms with Gasteiger partial charge in [0.05, 0.1) is 24.8 Å². The lowest BCUT2D eigenvalue weighted by atomic mass is 9.95. The molecule has 8 nitrogen and oxygen atoms in total. The van der Waals surface area contributed by atoms with Gasteiger partial charge >= 0.3 is 0 Å². The second kappa shape index (κ2) is 10.6. The number of hydrogen-bond acceptors (Lipinski definition) is 7. The molecule has 32 heavy (non-hydrogen) atoms. The first-order valence-corrected chi connectivity index (χ1v) is 10.2. The van der Waals surface area contributed by atoms with Crippen LogP contribution in [0.15, 0.2) is 61.0 Å². The van der Waals surface area contributed by atoms with E-state index in [4.69, 9.17) is 14.2 Å². The summed E-state index contributed by atoms with van der Waals surface area (Å²) in [5.41, 5.74) is 0.996. The number of ketones is 1. The van der Waals surface area contributed by atoms with Crippen LogP contribution in [0.4, 0.5) is 0 Å². The molecular formula is C24H26N2O6. The monoisotopic (exact) mass is 438 g/mol. The average molecular weight is 438 g/mol. The molecule has 1 fully saturated rings. The number of aromatic nitrogens is 1. The van der Waals surface area contributed by atoms with Gasteiger partial charge in [-0.2, -0.15) is 0 Å². The number of aliphatic hydroxyl groups excluding tert-OH is 1. The largest absolute Gasteiger partial charge is 0.507 e. The molecule has 1 aromatic heterocycles. The van der Waals surface area contributed by atoms with Crippen molar-refractivity contribution >= 4 is 17.4 Å². The summed E-state index contributed by atoms with van der Waals surface area (Å²) >= 11 is 0. The maximum absolute atomic E-state index is 13.0. The van der Waals surface area contributed by atoms with Crippen molar-refractivity contribution in [2.45, 2.75) is 13.0 Å². The van der Waals surface area contributed by atoms with Gasteiger partial charge < -0.3 is 24.2 Å². The number of hydrogen-bond donors (Lipinski definition) is 1. The molecule has 0 bridgehead atoms. The third-order valence-corrected chi connectivity index (χ3v) is 4.97. The Morgan fingerprint density at radius 1 is 1.19 bits per heavy atom. The maximum atomic E-state index is 13.0. The number of Topliss-reactive ketones (excluding diaryl/α,β-unsaturated/α-hetero) is 1. The first-order valence-electron chi connectivity index (χ1n) is 10.2. The van der Waals surface area contributed by atoms with E-state index in [9.17, 15) is 14.7 Å². The van der Waals surface area contributed by atoms with Gasteiger partial charge in [0.1, 0.15) is 12.4 Å². The van der Waals surface area contributed by atoms with Gasteiger partial charge in [0, 0.05) is 31.6 Å². The zero-order valence-corrected chi connectivity index (χ0v) is 18.1. The number of benzene rings is 1. The highest BCUT2D eigenvalue weighted by atomic mass is 16.5. The van der Waals surface area contributed by atoms with Crippen LogP contribution < -0.4 is 9.47 Å². The molecular weight excluding hydrogens is 412 g/mol. The molecule has 0 aliphatic carbocycles. The Kier molecular flexibility index (Phi) is 7.62. The highest BCUT2D eigenvalue weighted by molar-refractivity contribution is 6.46. The van der Waals surface area contributed by atoms with Crippen LogP contribution in [0.2, 0.25) is 0 Å². The standard InChI is InChI=1S/C24H26N2O6/c1-4-13-32-18-7-6-17(15-19(18)31-5-2)21-20(22(27)16-8-10-25-11-9-16)23(28)24(29)26(21)12-14-30-3/h4,6-11,15,21,27H,1,5,12-14H2,2-3H3. The third-order valence-electron chi connectivity index (χ3n) is 4.97. The molecule has 0 spiro atoms. The van der Waals surface area contributed by atoms with E-state index < -0.39 is 17.7 Å². The first-order chi connectivity index (χ1) is 15.5. The fourth-order valence-corrected chi connectivity index (χ4v) is 3.54. The fourth-order valence-electron chi connectivity index (χ4n) is 3.54. The smallest absolute Gasteiger partial charge is 0.295 e. The zero-order valence-electron chi connectivity index (χ0n) is 18.1. The van der Waals surface area contributed by atoms with Crippen molar-refractivity contribution in [1.29, 1.82) is 0 Å². The average Bonchev–Trinajstić information content (AvgIpc) is 3.07. The molecule has 1 aromatic carbocycles. The van der Waals surface area contributed by atoms with Crippen LogP contribution in [-0.2, 0) is 14.3 Å². The predicted octanol–water partition coefficient (Wildman–Crippen LogP) is 3.11. The molecule has 1 amide bonds. The molecule has 168 valence electrons.